The number of aryl methyl sites for hydroxylation is 1. The minimum absolute atomic E-state index is 0.104. The lowest BCUT2D eigenvalue weighted by Crippen LogP contribution is -2.41. The van der Waals surface area contributed by atoms with Gasteiger partial charge in [0.1, 0.15) is 5.82 Å². The third-order valence-electron chi connectivity index (χ3n) is 4.07. The third-order valence-corrected chi connectivity index (χ3v) is 4.07. The molecular weight excluding hydrogens is 321 g/mol. The largest absolute Gasteiger partial charge is 0.394 e. The third kappa shape index (κ3) is 3.97. The van der Waals surface area contributed by atoms with E-state index in [0.29, 0.717) is 6.42 Å². The van der Waals surface area contributed by atoms with Gasteiger partial charge in [0.25, 0.3) is 0 Å². The molecule has 0 fully saturated rings. The van der Waals surface area contributed by atoms with Gasteiger partial charge in [-0.15, -0.1) is 0 Å². The van der Waals surface area contributed by atoms with E-state index in [4.69, 9.17) is 0 Å². The number of urea groups is 1. The van der Waals surface area contributed by atoms with Gasteiger partial charge in [-0.1, -0.05) is 24.3 Å². The standard InChI is InChI=1S/C19H20FN3O2/c1-12-6-7-18(16(20)8-12)23-19(25)22-14(11-24)9-13-10-21-17-5-3-2-4-15(13)17/h2-8,10,14,21,24H,9,11H2,1H3,(H2,22,23,25). The molecule has 1 aromatic heterocycles. The van der Waals surface area contributed by atoms with Crippen molar-refractivity contribution in [2.75, 3.05) is 11.9 Å². The Morgan fingerprint density at radius 3 is 2.84 bits per heavy atom. The number of nitrogens with one attached hydrogen (secondary N) is 3. The average molecular weight is 341 g/mol. The summed E-state index contributed by atoms with van der Waals surface area (Å²) in [6, 6.07) is 11.4. The van der Waals surface area contributed by atoms with Crippen molar-refractivity contribution in [2.45, 2.75) is 19.4 Å². The Hall–Kier alpha value is -2.86. The Kier molecular flexibility index (Phi) is 5.00. The molecule has 0 saturated heterocycles. The van der Waals surface area contributed by atoms with Crippen LogP contribution < -0.4 is 10.6 Å². The molecule has 0 saturated carbocycles. The molecule has 25 heavy (non-hydrogen) atoms. The Bertz CT molecular complexity index is 891. The van der Waals surface area contributed by atoms with Crippen LogP contribution in [0.3, 0.4) is 0 Å². The van der Waals surface area contributed by atoms with Crippen LogP contribution in [0.2, 0.25) is 0 Å². The van der Waals surface area contributed by atoms with Crippen LogP contribution in [0.25, 0.3) is 10.9 Å². The molecule has 0 aliphatic rings. The molecule has 5 nitrogen and oxygen atoms in total. The van der Waals surface area contributed by atoms with Crippen LogP contribution in [-0.2, 0) is 6.42 Å². The number of aromatic nitrogens is 1. The summed E-state index contributed by atoms with van der Waals surface area (Å²) in [4.78, 5) is 15.3. The Labute approximate surface area is 144 Å². The minimum Gasteiger partial charge on any atom is -0.394 e. The van der Waals surface area contributed by atoms with Crippen molar-refractivity contribution in [3.05, 3.63) is 65.6 Å². The van der Waals surface area contributed by atoms with Crippen LogP contribution in [0.4, 0.5) is 14.9 Å². The number of anilines is 1. The van der Waals surface area contributed by atoms with Gasteiger partial charge in [-0.25, -0.2) is 9.18 Å². The van der Waals surface area contributed by atoms with E-state index >= 15 is 0 Å². The lowest BCUT2D eigenvalue weighted by atomic mass is 10.1. The molecule has 0 aliphatic heterocycles. The molecule has 3 rings (SSSR count). The first kappa shape index (κ1) is 17.0. The summed E-state index contributed by atoms with van der Waals surface area (Å²) in [6.45, 7) is 1.55. The number of carbonyl (C=O) groups excluding carboxylic acids is 1. The van der Waals surface area contributed by atoms with Crippen LogP contribution in [0, 0.1) is 12.7 Å². The SMILES string of the molecule is Cc1ccc(NC(=O)NC(CO)Cc2c[nH]c3ccccc23)c(F)c1. The first-order chi connectivity index (χ1) is 12.1. The molecule has 0 bridgehead atoms. The number of benzene rings is 2. The van der Waals surface area contributed by atoms with E-state index in [1.807, 2.05) is 30.5 Å². The van der Waals surface area contributed by atoms with Crippen LogP contribution in [0.5, 0.6) is 0 Å². The fraction of sp³-hybridized carbons (Fsp3) is 0.211. The maximum atomic E-state index is 13.8. The van der Waals surface area contributed by atoms with Crippen molar-refractivity contribution in [1.82, 2.24) is 10.3 Å². The topological polar surface area (TPSA) is 77.2 Å². The second-order valence-electron chi connectivity index (χ2n) is 6.02. The van der Waals surface area contributed by atoms with E-state index in [9.17, 15) is 14.3 Å². The Morgan fingerprint density at radius 1 is 1.28 bits per heavy atom. The molecule has 2 aromatic carbocycles. The van der Waals surface area contributed by atoms with E-state index in [1.54, 1.807) is 13.0 Å². The summed E-state index contributed by atoms with van der Waals surface area (Å²) < 4.78 is 13.8. The number of aliphatic hydroxyl groups excluding tert-OH is 1. The second kappa shape index (κ2) is 7.36. The molecule has 0 spiro atoms. The number of fused-ring (bicyclic) bond motifs is 1. The summed E-state index contributed by atoms with van der Waals surface area (Å²) in [5.41, 5.74) is 2.87. The van der Waals surface area contributed by atoms with Gasteiger partial charge in [-0.05, 0) is 42.7 Å². The van der Waals surface area contributed by atoms with Gasteiger partial charge in [0, 0.05) is 17.1 Å². The Morgan fingerprint density at radius 2 is 2.08 bits per heavy atom. The molecule has 4 N–H and O–H groups in total. The maximum Gasteiger partial charge on any atom is 0.319 e. The number of aromatic amines is 1. The number of halogens is 1. The zero-order valence-corrected chi connectivity index (χ0v) is 13.8. The predicted octanol–water partition coefficient (Wildman–Crippen LogP) is 3.34. The summed E-state index contributed by atoms with van der Waals surface area (Å²) in [5.74, 6) is -0.493. The first-order valence-electron chi connectivity index (χ1n) is 8.06. The molecule has 1 atom stereocenters. The van der Waals surface area contributed by atoms with Gasteiger partial charge >= 0.3 is 6.03 Å². The molecule has 3 aromatic rings. The van der Waals surface area contributed by atoms with Gasteiger partial charge in [0.05, 0.1) is 18.3 Å². The number of para-hydroxylation sites is 1. The van der Waals surface area contributed by atoms with Crippen LogP contribution in [0.1, 0.15) is 11.1 Å². The first-order valence-corrected chi connectivity index (χ1v) is 8.06. The van der Waals surface area contributed by atoms with Gasteiger partial charge in [0.15, 0.2) is 0 Å². The highest BCUT2D eigenvalue weighted by Gasteiger charge is 2.15. The molecule has 130 valence electrons. The fourth-order valence-corrected chi connectivity index (χ4v) is 2.79. The lowest BCUT2D eigenvalue weighted by molar-refractivity contribution is 0.224. The van der Waals surface area contributed by atoms with Crippen molar-refractivity contribution in [1.29, 1.82) is 0 Å². The molecule has 0 radical (unpaired) electrons. The molecule has 0 aliphatic carbocycles. The number of amides is 2. The van der Waals surface area contributed by atoms with Crippen LogP contribution in [-0.4, -0.2) is 28.8 Å². The number of carbonyl (C=O) groups is 1. The van der Waals surface area contributed by atoms with Gasteiger partial charge in [-0.2, -0.15) is 0 Å². The van der Waals surface area contributed by atoms with E-state index in [2.05, 4.69) is 15.6 Å². The zero-order valence-electron chi connectivity index (χ0n) is 13.8. The summed E-state index contributed by atoms with van der Waals surface area (Å²) in [5, 5.41) is 15.8. The molecular formula is C19H20FN3O2. The number of rotatable bonds is 5. The number of H-pyrrole nitrogens is 1. The number of aliphatic hydroxyl groups is 1. The molecule has 6 heteroatoms. The second-order valence-corrected chi connectivity index (χ2v) is 6.02. The minimum atomic E-state index is -0.554. The number of hydrogen-bond donors (Lipinski definition) is 4. The van der Waals surface area contributed by atoms with E-state index in [1.165, 1.54) is 12.1 Å². The van der Waals surface area contributed by atoms with Crippen molar-refractivity contribution < 1.29 is 14.3 Å². The summed E-state index contributed by atoms with van der Waals surface area (Å²) in [7, 11) is 0. The normalized spacial score (nSPS) is 12.1. The van der Waals surface area contributed by atoms with Gasteiger partial charge in [0.2, 0.25) is 0 Å². The fourth-order valence-electron chi connectivity index (χ4n) is 2.79. The van der Waals surface area contributed by atoms with E-state index in [0.717, 1.165) is 22.0 Å². The number of hydrogen-bond acceptors (Lipinski definition) is 2. The van der Waals surface area contributed by atoms with Crippen LogP contribution in [0.15, 0.2) is 48.7 Å². The van der Waals surface area contributed by atoms with Gasteiger partial charge < -0.3 is 20.7 Å². The highest BCUT2D eigenvalue weighted by Crippen LogP contribution is 2.19. The zero-order chi connectivity index (χ0) is 17.8. The van der Waals surface area contributed by atoms with Crippen molar-refractivity contribution in [3.63, 3.8) is 0 Å². The van der Waals surface area contributed by atoms with Crippen molar-refractivity contribution in [3.8, 4) is 0 Å². The quantitative estimate of drug-likeness (QED) is 0.574. The van der Waals surface area contributed by atoms with E-state index in [-0.39, 0.29) is 12.3 Å². The van der Waals surface area contributed by atoms with Crippen molar-refractivity contribution >= 4 is 22.6 Å². The highest BCUT2D eigenvalue weighted by atomic mass is 19.1. The predicted molar refractivity (Wildman–Crippen MR) is 96.2 cm³/mol. The summed E-state index contributed by atoms with van der Waals surface area (Å²) >= 11 is 0. The maximum absolute atomic E-state index is 13.8. The summed E-state index contributed by atoms with van der Waals surface area (Å²) in [6.07, 6.45) is 2.33. The molecule has 1 unspecified atom stereocenters. The van der Waals surface area contributed by atoms with Gasteiger partial charge in [-0.3, -0.25) is 0 Å². The van der Waals surface area contributed by atoms with E-state index < -0.39 is 17.9 Å². The van der Waals surface area contributed by atoms with Crippen molar-refractivity contribution in [2.24, 2.45) is 0 Å². The monoisotopic (exact) mass is 341 g/mol. The molecule has 2 amide bonds. The lowest BCUT2D eigenvalue weighted by Gasteiger charge is -2.17. The smallest absolute Gasteiger partial charge is 0.319 e. The Balaban J connectivity index is 1.66. The molecule has 1 heterocycles. The highest BCUT2D eigenvalue weighted by molar-refractivity contribution is 5.89. The van der Waals surface area contributed by atoms with Crippen LogP contribution >= 0.6 is 0 Å². The average Bonchev–Trinajstić information content (AvgIpc) is 3.00.